The normalized spacial score (nSPS) is 13.6. The van der Waals surface area contributed by atoms with Crippen LogP contribution in [0.25, 0.3) is 22.2 Å². The highest BCUT2D eigenvalue weighted by molar-refractivity contribution is 6.03. The molecular formula is C26H25N5O. The van der Waals surface area contributed by atoms with Crippen molar-refractivity contribution in [2.45, 2.75) is 19.9 Å². The Kier molecular flexibility index (Phi) is 5.26. The molecule has 4 aromatic rings. The molecule has 2 aromatic heterocycles. The van der Waals surface area contributed by atoms with Crippen molar-refractivity contribution in [3.63, 3.8) is 0 Å². The van der Waals surface area contributed by atoms with Crippen LogP contribution in [-0.4, -0.2) is 27.6 Å². The zero-order valence-electron chi connectivity index (χ0n) is 18.2. The maximum Gasteiger partial charge on any atom is 0.147 e. The van der Waals surface area contributed by atoms with Gasteiger partial charge in [0.2, 0.25) is 0 Å². The van der Waals surface area contributed by atoms with Crippen LogP contribution in [0.5, 0.6) is 11.5 Å². The molecule has 5 rings (SSSR count). The SMILES string of the molecule is CC(C)n1c(C#CC2CNC2)c(-c2ccc(Oc3ccccc3)cc2)c2c(N)ncnc21. The fourth-order valence-corrected chi connectivity index (χ4v) is 3.94. The summed E-state index contributed by atoms with van der Waals surface area (Å²) in [5, 5.41) is 4.12. The summed E-state index contributed by atoms with van der Waals surface area (Å²) in [4.78, 5) is 8.85. The van der Waals surface area contributed by atoms with Crippen molar-refractivity contribution in [2.75, 3.05) is 18.8 Å². The molecule has 6 nitrogen and oxygen atoms in total. The molecule has 0 amide bonds. The first-order valence-electron chi connectivity index (χ1n) is 10.8. The molecule has 0 unspecified atom stereocenters. The molecule has 0 aliphatic carbocycles. The van der Waals surface area contributed by atoms with Crippen LogP contribution in [0.15, 0.2) is 60.9 Å². The zero-order valence-corrected chi connectivity index (χ0v) is 18.2. The summed E-state index contributed by atoms with van der Waals surface area (Å²) in [6.07, 6.45) is 1.52. The van der Waals surface area contributed by atoms with Crippen LogP contribution in [0.3, 0.4) is 0 Å². The lowest BCUT2D eigenvalue weighted by Gasteiger charge is -2.21. The average Bonchev–Trinajstić information content (AvgIpc) is 3.10. The van der Waals surface area contributed by atoms with Gasteiger partial charge >= 0.3 is 0 Å². The van der Waals surface area contributed by atoms with Gasteiger partial charge in [-0.15, -0.1) is 0 Å². The van der Waals surface area contributed by atoms with Crippen LogP contribution in [0.1, 0.15) is 25.6 Å². The van der Waals surface area contributed by atoms with Gasteiger partial charge in [0.25, 0.3) is 0 Å². The number of fused-ring (bicyclic) bond motifs is 1. The van der Waals surface area contributed by atoms with Crippen molar-refractivity contribution in [2.24, 2.45) is 5.92 Å². The van der Waals surface area contributed by atoms with Gasteiger partial charge in [-0.2, -0.15) is 0 Å². The standard InChI is InChI=1S/C26H25N5O/c1-17(2)31-22(13-8-18-14-28-15-18)23(24-25(27)29-16-30-26(24)31)19-9-11-21(12-10-19)32-20-6-4-3-5-7-20/h3-7,9-12,16-18,28H,14-15H2,1-2H3,(H2,27,29,30). The van der Waals surface area contributed by atoms with Crippen molar-refractivity contribution in [1.29, 1.82) is 0 Å². The summed E-state index contributed by atoms with van der Waals surface area (Å²) < 4.78 is 8.13. The molecule has 1 saturated heterocycles. The third kappa shape index (κ3) is 3.68. The minimum atomic E-state index is 0.171. The van der Waals surface area contributed by atoms with E-state index in [0.717, 1.165) is 52.4 Å². The number of hydrogen-bond donors (Lipinski definition) is 2. The third-order valence-corrected chi connectivity index (χ3v) is 5.63. The Morgan fingerprint density at radius 3 is 2.41 bits per heavy atom. The maximum atomic E-state index is 6.35. The number of aromatic nitrogens is 3. The lowest BCUT2D eigenvalue weighted by Crippen LogP contribution is -2.40. The van der Waals surface area contributed by atoms with Gasteiger partial charge in [0.15, 0.2) is 0 Å². The molecule has 6 heteroatoms. The lowest BCUT2D eigenvalue weighted by molar-refractivity contribution is 0.432. The third-order valence-electron chi connectivity index (χ3n) is 5.63. The highest BCUT2D eigenvalue weighted by atomic mass is 16.5. The Morgan fingerprint density at radius 1 is 1.03 bits per heavy atom. The number of nitrogens with zero attached hydrogens (tertiary/aromatic N) is 3. The summed E-state index contributed by atoms with van der Waals surface area (Å²) in [7, 11) is 0. The van der Waals surface area contributed by atoms with Crippen molar-refractivity contribution >= 4 is 16.9 Å². The summed E-state index contributed by atoms with van der Waals surface area (Å²) in [5.74, 6) is 9.27. The number of hydrogen-bond acceptors (Lipinski definition) is 5. The molecule has 3 N–H and O–H groups in total. The first kappa shape index (κ1) is 20.1. The van der Waals surface area contributed by atoms with E-state index in [-0.39, 0.29) is 6.04 Å². The number of rotatable bonds is 4. The Balaban J connectivity index is 1.64. The fourth-order valence-electron chi connectivity index (χ4n) is 3.94. The van der Waals surface area contributed by atoms with Crippen LogP contribution >= 0.6 is 0 Å². The van der Waals surface area contributed by atoms with E-state index in [9.17, 15) is 0 Å². The monoisotopic (exact) mass is 423 g/mol. The topological polar surface area (TPSA) is 78.0 Å². The molecule has 32 heavy (non-hydrogen) atoms. The Bertz CT molecular complexity index is 1310. The predicted octanol–water partition coefficient (Wildman–Crippen LogP) is 4.62. The molecule has 0 saturated carbocycles. The van der Waals surface area contributed by atoms with Crippen molar-refractivity contribution in [3.8, 4) is 34.5 Å². The average molecular weight is 424 g/mol. The summed E-state index contributed by atoms with van der Waals surface area (Å²) in [6.45, 7) is 6.12. The van der Waals surface area contributed by atoms with Gasteiger partial charge in [-0.3, -0.25) is 0 Å². The van der Waals surface area contributed by atoms with E-state index >= 15 is 0 Å². The second-order valence-electron chi connectivity index (χ2n) is 8.21. The zero-order chi connectivity index (χ0) is 22.1. The van der Waals surface area contributed by atoms with Crippen molar-refractivity contribution < 1.29 is 4.74 Å². The number of ether oxygens (including phenoxy) is 1. The molecule has 1 aliphatic rings. The lowest BCUT2D eigenvalue weighted by atomic mass is 10.0. The molecule has 0 atom stereocenters. The largest absolute Gasteiger partial charge is 0.457 e. The number of nitrogens with two attached hydrogens (primary N) is 1. The van der Waals surface area contributed by atoms with Gasteiger partial charge in [-0.05, 0) is 49.6 Å². The molecule has 160 valence electrons. The highest BCUT2D eigenvalue weighted by Gasteiger charge is 2.23. The predicted molar refractivity (Wildman–Crippen MR) is 128 cm³/mol. The van der Waals surface area contributed by atoms with E-state index in [1.165, 1.54) is 6.33 Å². The van der Waals surface area contributed by atoms with E-state index in [1.54, 1.807) is 0 Å². The second-order valence-corrected chi connectivity index (χ2v) is 8.21. The van der Waals surface area contributed by atoms with Gasteiger partial charge in [0, 0.05) is 30.6 Å². The van der Waals surface area contributed by atoms with Crippen LogP contribution in [0, 0.1) is 17.8 Å². The molecule has 0 radical (unpaired) electrons. The van der Waals surface area contributed by atoms with E-state index in [1.807, 2.05) is 54.6 Å². The quantitative estimate of drug-likeness (QED) is 0.468. The minimum Gasteiger partial charge on any atom is -0.457 e. The van der Waals surface area contributed by atoms with Gasteiger partial charge < -0.3 is 20.4 Å². The number of nitrogen functional groups attached to an aromatic ring is 1. The van der Waals surface area contributed by atoms with Crippen LogP contribution < -0.4 is 15.8 Å². The first-order chi connectivity index (χ1) is 15.6. The highest BCUT2D eigenvalue weighted by Crippen LogP contribution is 2.38. The van der Waals surface area contributed by atoms with Crippen LogP contribution in [0.4, 0.5) is 5.82 Å². The molecule has 2 aromatic carbocycles. The molecule has 1 fully saturated rings. The maximum absolute atomic E-state index is 6.35. The summed E-state index contributed by atoms with van der Waals surface area (Å²) in [5.41, 5.74) is 10.1. The van der Waals surface area contributed by atoms with E-state index < -0.39 is 0 Å². The number of anilines is 1. The molecular weight excluding hydrogens is 398 g/mol. The van der Waals surface area contributed by atoms with E-state index in [0.29, 0.717) is 11.7 Å². The Morgan fingerprint density at radius 2 is 1.75 bits per heavy atom. The van der Waals surface area contributed by atoms with Gasteiger partial charge in [-0.25, -0.2) is 9.97 Å². The van der Waals surface area contributed by atoms with Crippen LogP contribution in [-0.2, 0) is 0 Å². The van der Waals surface area contributed by atoms with E-state index in [2.05, 4.69) is 45.5 Å². The molecule has 3 heterocycles. The van der Waals surface area contributed by atoms with E-state index in [4.69, 9.17) is 10.5 Å². The van der Waals surface area contributed by atoms with Gasteiger partial charge in [0.05, 0.1) is 5.39 Å². The molecule has 0 bridgehead atoms. The molecule has 0 spiro atoms. The number of para-hydroxylation sites is 1. The fraction of sp³-hybridized carbons (Fsp3) is 0.231. The minimum absolute atomic E-state index is 0.171. The van der Waals surface area contributed by atoms with Gasteiger partial charge in [0.1, 0.15) is 35.0 Å². The number of benzene rings is 2. The van der Waals surface area contributed by atoms with Gasteiger partial charge in [-0.1, -0.05) is 36.3 Å². The van der Waals surface area contributed by atoms with Crippen molar-refractivity contribution in [1.82, 2.24) is 19.9 Å². The summed E-state index contributed by atoms with van der Waals surface area (Å²) in [6, 6.07) is 17.9. The number of nitrogens with one attached hydrogen (secondary N) is 1. The summed E-state index contributed by atoms with van der Waals surface area (Å²) >= 11 is 0. The second kappa shape index (κ2) is 8.37. The first-order valence-corrected chi connectivity index (χ1v) is 10.8. The Hall–Kier alpha value is -3.82. The smallest absolute Gasteiger partial charge is 0.147 e. The van der Waals surface area contributed by atoms with Crippen molar-refractivity contribution in [3.05, 3.63) is 66.6 Å². The van der Waals surface area contributed by atoms with Crippen LogP contribution in [0.2, 0.25) is 0 Å². The molecule has 1 aliphatic heterocycles. The Labute approximate surface area is 187 Å².